The molecule has 0 spiro atoms. The van der Waals surface area contributed by atoms with Gasteiger partial charge in [0.15, 0.2) is 12.4 Å². The quantitative estimate of drug-likeness (QED) is 0.852. The second-order valence-corrected chi connectivity index (χ2v) is 4.93. The molecule has 1 heterocycles. The summed E-state index contributed by atoms with van der Waals surface area (Å²) in [6, 6.07) is 10.3. The summed E-state index contributed by atoms with van der Waals surface area (Å²) in [4.78, 5) is 22.7. The summed E-state index contributed by atoms with van der Waals surface area (Å²) >= 11 is 0. The molecule has 0 aliphatic carbocycles. The van der Waals surface area contributed by atoms with Crippen molar-refractivity contribution in [2.45, 2.75) is 19.9 Å². The van der Waals surface area contributed by atoms with Crippen LogP contribution in [0.2, 0.25) is 0 Å². The van der Waals surface area contributed by atoms with Crippen molar-refractivity contribution >= 4 is 11.8 Å². The molecule has 0 aliphatic rings. The van der Waals surface area contributed by atoms with Gasteiger partial charge >= 0.3 is 0 Å². The zero-order chi connectivity index (χ0) is 16.1. The second kappa shape index (κ2) is 6.80. The van der Waals surface area contributed by atoms with Crippen LogP contribution in [0.25, 0.3) is 0 Å². The number of furan rings is 1. The average Bonchev–Trinajstić information content (AvgIpc) is 2.92. The number of primary amides is 1. The van der Waals surface area contributed by atoms with Crippen LogP contribution in [0, 0.1) is 6.92 Å². The first kappa shape index (κ1) is 15.6. The third-order valence-corrected chi connectivity index (χ3v) is 3.07. The molecular weight excluding hydrogens is 284 g/mol. The Bertz CT molecular complexity index is 661. The summed E-state index contributed by atoms with van der Waals surface area (Å²) < 4.78 is 10.5. The summed E-state index contributed by atoms with van der Waals surface area (Å²) in [6.45, 7) is 3.49. The Morgan fingerprint density at radius 3 is 2.45 bits per heavy atom. The van der Waals surface area contributed by atoms with Gasteiger partial charge in [0.05, 0.1) is 6.04 Å². The van der Waals surface area contributed by atoms with E-state index in [1.54, 1.807) is 31.2 Å². The van der Waals surface area contributed by atoms with Crippen LogP contribution in [0.5, 0.6) is 5.75 Å². The Kier molecular flexibility index (Phi) is 4.83. The molecule has 0 fully saturated rings. The Morgan fingerprint density at radius 1 is 1.23 bits per heavy atom. The van der Waals surface area contributed by atoms with Crippen LogP contribution in [-0.2, 0) is 4.79 Å². The van der Waals surface area contributed by atoms with Gasteiger partial charge in [0, 0.05) is 0 Å². The highest BCUT2D eigenvalue weighted by molar-refractivity contribution is 5.91. The second-order valence-electron chi connectivity index (χ2n) is 4.93. The standard InChI is InChI=1S/C16H18N2O4/c1-10-3-8-14(22-10)16(20)18-11(2)12-4-6-13(7-5-12)21-9-15(17)19/h3-8,11H,9H2,1-2H3,(H2,17,19)(H,18,20)/t11-/m1/s1. The topological polar surface area (TPSA) is 94.6 Å². The Balaban J connectivity index is 1.96. The Morgan fingerprint density at radius 2 is 1.91 bits per heavy atom. The number of amides is 2. The number of carbonyl (C=O) groups is 2. The molecule has 2 amide bonds. The van der Waals surface area contributed by atoms with Crippen molar-refractivity contribution in [3.05, 3.63) is 53.5 Å². The molecule has 0 radical (unpaired) electrons. The van der Waals surface area contributed by atoms with Crippen LogP contribution in [0.1, 0.15) is 34.8 Å². The molecule has 0 bridgehead atoms. The van der Waals surface area contributed by atoms with Crippen molar-refractivity contribution in [3.8, 4) is 5.75 Å². The zero-order valence-electron chi connectivity index (χ0n) is 12.5. The summed E-state index contributed by atoms with van der Waals surface area (Å²) in [5.41, 5.74) is 5.92. The highest BCUT2D eigenvalue weighted by atomic mass is 16.5. The van der Waals surface area contributed by atoms with Gasteiger partial charge in [-0.2, -0.15) is 0 Å². The molecule has 2 aromatic rings. The summed E-state index contributed by atoms with van der Waals surface area (Å²) in [5.74, 6) is 0.718. The van der Waals surface area contributed by atoms with E-state index in [1.165, 1.54) is 0 Å². The maximum absolute atomic E-state index is 12.0. The van der Waals surface area contributed by atoms with E-state index in [0.29, 0.717) is 11.5 Å². The Hall–Kier alpha value is -2.76. The number of nitrogens with two attached hydrogens (primary N) is 1. The highest BCUT2D eigenvalue weighted by Crippen LogP contribution is 2.18. The van der Waals surface area contributed by atoms with Crippen LogP contribution in [0.15, 0.2) is 40.8 Å². The lowest BCUT2D eigenvalue weighted by Crippen LogP contribution is -2.26. The van der Waals surface area contributed by atoms with E-state index in [1.807, 2.05) is 19.1 Å². The van der Waals surface area contributed by atoms with Crippen LogP contribution >= 0.6 is 0 Å². The van der Waals surface area contributed by atoms with E-state index in [9.17, 15) is 9.59 Å². The lowest BCUT2D eigenvalue weighted by Gasteiger charge is -2.14. The van der Waals surface area contributed by atoms with Gasteiger partial charge in [-0.1, -0.05) is 12.1 Å². The van der Waals surface area contributed by atoms with E-state index >= 15 is 0 Å². The van der Waals surface area contributed by atoms with Gasteiger partial charge in [-0.3, -0.25) is 9.59 Å². The maximum atomic E-state index is 12.0. The van der Waals surface area contributed by atoms with E-state index in [-0.39, 0.29) is 24.3 Å². The lowest BCUT2D eigenvalue weighted by atomic mass is 10.1. The molecule has 0 saturated heterocycles. The average molecular weight is 302 g/mol. The number of aryl methyl sites for hydroxylation is 1. The van der Waals surface area contributed by atoms with Crippen molar-refractivity contribution in [3.63, 3.8) is 0 Å². The molecule has 1 atom stereocenters. The monoisotopic (exact) mass is 302 g/mol. The number of hydrogen-bond acceptors (Lipinski definition) is 4. The Labute approximate surface area is 128 Å². The van der Waals surface area contributed by atoms with Gasteiger partial charge < -0.3 is 20.2 Å². The molecule has 0 saturated carbocycles. The van der Waals surface area contributed by atoms with E-state index < -0.39 is 5.91 Å². The molecule has 116 valence electrons. The fourth-order valence-electron chi connectivity index (χ4n) is 1.91. The fraction of sp³-hybridized carbons (Fsp3) is 0.250. The van der Waals surface area contributed by atoms with E-state index in [4.69, 9.17) is 14.9 Å². The molecule has 22 heavy (non-hydrogen) atoms. The third kappa shape index (κ3) is 4.12. The molecule has 0 unspecified atom stereocenters. The van der Waals surface area contributed by atoms with E-state index in [2.05, 4.69) is 5.32 Å². The largest absolute Gasteiger partial charge is 0.484 e. The van der Waals surface area contributed by atoms with Gasteiger partial charge in [-0.25, -0.2) is 0 Å². The number of benzene rings is 1. The fourth-order valence-corrected chi connectivity index (χ4v) is 1.91. The number of rotatable bonds is 6. The molecular formula is C16H18N2O4. The van der Waals surface area contributed by atoms with Crippen LogP contribution in [0.4, 0.5) is 0 Å². The minimum absolute atomic E-state index is 0.163. The molecule has 6 nitrogen and oxygen atoms in total. The van der Waals surface area contributed by atoms with E-state index in [0.717, 1.165) is 5.56 Å². The van der Waals surface area contributed by atoms with Crippen LogP contribution < -0.4 is 15.8 Å². The SMILES string of the molecule is Cc1ccc(C(=O)N[C@H](C)c2ccc(OCC(N)=O)cc2)o1. The molecule has 0 aliphatic heterocycles. The first-order valence-electron chi connectivity index (χ1n) is 6.84. The smallest absolute Gasteiger partial charge is 0.287 e. The van der Waals surface area contributed by atoms with Gasteiger partial charge in [0.25, 0.3) is 11.8 Å². The van der Waals surface area contributed by atoms with Gasteiger partial charge in [-0.15, -0.1) is 0 Å². The molecule has 1 aromatic heterocycles. The zero-order valence-corrected chi connectivity index (χ0v) is 12.5. The lowest BCUT2D eigenvalue weighted by molar-refractivity contribution is -0.119. The predicted octanol–water partition coefficient (Wildman–Crippen LogP) is 1.94. The van der Waals surface area contributed by atoms with Gasteiger partial charge in [0.2, 0.25) is 0 Å². The van der Waals surface area contributed by atoms with Crippen molar-refractivity contribution < 1.29 is 18.7 Å². The minimum Gasteiger partial charge on any atom is -0.484 e. The van der Waals surface area contributed by atoms with Crippen molar-refractivity contribution in [2.24, 2.45) is 5.73 Å². The van der Waals surface area contributed by atoms with Crippen molar-refractivity contribution in [2.75, 3.05) is 6.61 Å². The van der Waals surface area contributed by atoms with Gasteiger partial charge in [0.1, 0.15) is 11.5 Å². The minimum atomic E-state index is -0.529. The summed E-state index contributed by atoms with van der Waals surface area (Å²) in [5, 5.41) is 2.85. The van der Waals surface area contributed by atoms with Crippen LogP contribution in [0.3, 0.4) is 0 Å². The first-order chi connectivity index (χ1) is 10.5. The number of hydrogen-bond donors (Lipinski definition) is 2. The molecule has 2 rings (SSSR count). The molecule has 6 heteroatoms. The van der Waals surface area contributed by atoms with Crippen molar-refractivity contribution in [1.29, 1.82) is 0 Å². The highest BCUT2D eigenvalue weighted by Gasteiger charge is 2.14. The molecule has 1 aromatic carbocycles. The van der Waals surface area contributed by atoms with Crippen LogP contribution in [-0.4, -0.2) is 18.4 Å². The third-order valence-electron chi connectivity index (χ3n) is 3.07. The summed E-state index contributed by atoms with van der Waals surface area (Å²) in [7, 11) is 0. The van der Waals surface area contributed by atoms with Gasteiger partial charge in [-0.05, 0) is 43.7 Å². The first-order valence-corrected chi connectivity index (χ1v) is 6.84. The normalized spacial score (nSPS) is 11.7. The predicted molar refractivity (Wildman–Crippen MR) is 80.5 cm³/mol. The van der Waals surface area contributed by atoms with Crippen molar-refractivity contribution in [1.82, 2.24) is 5.32 Å². The number of ether oxygens (including phenoxy) is 1. The number of carbonyl (C=O) groups excluding carboxylic acids is 2. The number of nitrogens with one attached hydrogen (secondary N) is 1. The summed E-state index contributed by atoms with van der Waals surface area (Å²) in [6.07, 6.45) is 0. The maximum Gasteiger partial charge on any atom is 0.287 e. The molecule has 3 N–H and O–H groups in total.